The molecule has 1 N–H and O–H groups in total. The highest BCUT2D eigenvalue weighted by atomic mass is 32.2. The fourth-order valence-electron chi connectivity index (χ4n) is 2.06. The van der Waals surface area contributed by atoms with Crippen LogP contribution < -0.4 is 4.72 Å². The largest absolute Gasteiger partial charge is 0.457 e. The van der Waals surface area contributed by atoms with Crippen molar-refractivity contribution in [2.75, 3.05) is 6.54 Å². The maximum absolute atomic E-state index is 12.2. The number of esters is 1. The molecule has 0 saturated carbocycles. The molecule has 0 aliphatic carbocycles. The van der Waals surface area contributed by atoms with Crippen LogP contribution in [0.5, 0.6) is 0 Å². The van der Waals surface area contributed by atoms with Crippen molar-refractivity contribution in [3.05, 3.63) is 65.7 Å². The molecule has 0 saturated heterocycles. The van der Waals surface area contributed by atoms with E-state index in [1.807, 2.05) is 36.4 Å². The van der Waals surface area contributed by atoms with E-state index in [-0.39, 0.29) is 10.5 Å². The van der Waals surface area contributed by atoms with Crippen molar-refractivity contribution in [1.29, 1.82) is 5.26 Å². The maximum atomic E-state index is 12.2. The van der Waals surface area contributed by atoms with Gasteiger partial charge in [-0.1, -0.05) is 42.5 Å². The van der Waals surface area contributed by atoms with Crippen LogP contribution in [0.4, 0.5) is 0 Å². The molecule has 2 rings (SSSR count). The maximum Gasteiger partial charge on any atom is 0.321 e. The molecule has 2 aromatic rings. The van der Waals surface area contributed by atoms with Gasteiger partial charge < -0.3 is 4.74 Å². The molecule has 124 valence electrons. The van der Waals surface area contributed by atoms with Crippen molar-refractivity contribution in [3.63, 3.8) is 0 Å². The average Bonchev–Trinajstić information content (AvgIpc) is 2.60. The standard InChI is InChI=1S/C17H16N2O4S/c1-13(14-7-3-2-4-8-14)23-17(20)12-19-24(21,22)16-10-6-5-9-15(16)11-18/h2-10,13,19H,12H2,1H3/t13-/m1/s1. The molecule has 6 nitrogen and oxygen atoms in total. The lowest BCUT2D eigenvalue weighted by molar-refractivity contribution is -0.147. The summed E-state index contributed by atoms with van der Waals surface area (Å²) in [6.07, 6.45) is -0.491. The Balaban J connectivity index is 2.00. The lowest BCUT2D eigenvalue weighted by Gasteiger charge is -2.14. The molecule has 2 aromatic carbocycles. The zero-order valence-corrected chi connectivity index (χ0v) is 13.8. The van der Waals surface area contributed by atoms with E-state index in [1.54, 1.807) is 13.0 Å². The van der Waals surface area contributed by atoms with E-state index in [0.717, 1.165) is 5.56 Å². The summed E-state index contributed by atoms with van der Waals surface area (Å²) in [5.74, 6) is -0.704. The molecule has 0 bridgehead atoms. The Kier molecular flexibility index (Phi) is 5.68. The minimum Gasteiger partial charge on any atom is -0.457 e. The predicted molar refractivity (Wildman–Crippen MR) is 87.3 cm³/mol. The predicted octanol–water partition coefficient (Wildman–Crippen LogP) is 2.14. The molecule has 0 amide bonds. The van der Waals surface area contributed by atoms with Gasteiger partial charge in [-0.05, 0) is 24.6 Å². The van der Waals surface area contributed by atoms with Crippen molar-refractivity contribution in [1.82, 2.24) is 4.72 Å². The number of rotatable bonds is 6. The van der Waals surface area contributed by atoms with Crippen LogP contribution in [0, 0.1) is 11.3 Å². The van der Waals surface area contributed by atoms with Crippen molar-refractivity contribution >= 4 is 16.0 Å². The summed E-state index contributed by atoms with van der Waals surface area (Å²) in [5, 5.41) is 8.97. The van der Waals surface area contributed by atoms with Crippen LogP contribution in [-0.4, -0.2) is 20.9 Å². The van der Waals surface area contributed by atoms with Crippen LogP contribution in [0.1, 0.15) is 24.2 Å². The van der Waals surface area contributed by atoms with Crippen LogP contribution in [0.2, 0.25) is 0 Å². The Labute approximate surface area is 140 Å². The third-order valence-corrected chi connectivity index (χ3v) is 4.74. The minimum atomic E-state index is -3.97. The smallest absolute Gasteiger partial charge is 0.321 e. The van der Waals surface area contributed by atoms with E-state index < -0.39 is 28.6 Å². The minimum absolute atomic E-state index is 0.0102. The van der Waals surface area contributed by atoms with Crippen LogP contribution in [0.3, 0.4) is 0 Å². The Morgan fingerprint density at radius 2 is 1.79 bits per heavy atom. The van der Waals surface area contributed by atoms with Crippen LogP contribution >= 0.6 is 0 Å². The molecule has 1 atom stereocenters. The summed E-state index contributed by atoms with van der Waals surface area (Å²) in [6, 6.07) is 16.7. The number of benzene rings is 2. The van der Waals surface area contributed by atoms with E-state index in [0.29, 0.717) is 0 Å². The van der Waals surface area contributed by atoms with Gasteiger partial charge >= 0.3 is 5.97 Å². The Bertz CT molecular complexity index is 858. The van der Waals surface area contributed by atoms with E-state index >= 15 is 0 Å². The van der Waals surface area contributed by atoms with Crippen LogP contribution in [0.25, 0.3) is 0 Å². The quantitative estimate of drug-likeness (QED) is 0.810. The van der Waals surface area contributed by atoms with Gasteiger partial charge in [0, 0.05) is 0 Å². The lowest BCUT2D eigenvalue weighted by Crippen LogP contribution is -2.31. The number of carbonyl (C=O) groups excluding carboxylic acids is 1. The fourth-order valence-corrected chi connectivity index (χ4v) is 3.18. The van der Waals surface area contributed by atoms with Gasteiger partial charge in [-0.15, -0.1) is 0 Å². The molecule has 0 aromatic heterocycles. The van der Waals surface area contributed by atoms with E-state index in [9.17, 15) is 13.2 Å². The second kappa shape index (κ2) is 7.73. The number of nitrogens with zero attached hydrogens (tertiary/aromatic N) is 1. The number of nitriles is 1. The Hall–Kier alpha value is -2.69. The zero-order valence-electron chi connectivity index (χ0n) is 13.0. The molecule has 0 aliphatic rings. The van der Waals surface area contributed by atoms with Gasteiger partial charge in [-0.2, -0.15) is 9.98 Å². The monoisotopic (exact) mass is 344 g/mol. The number of ether oxygens (including phenoxy) is 1. The molecule has 0 fully saturated rings. The number of sulfonamides is 1. The van der Waals surface area contributed by atoms with Crippen LogP contribution in [-0.2, 0) is 19.6 Å². The first-order chi connectivity index (χ1) is 11.4. The first kappa shape index (κ1) is 17.7. The SMILES string of the molecule is C[C@@H](OC(=O)CNS(=O)(=O)c1ccccc1C#N)c1ccccc1. The summed E-state index contributed by atoms with van der Waals surface area (Å²) < 4.78 is 31.8. The van der Waals surface area contributed by atoms with Crippen molar-refractivity contribution in [2.24, 2.45) is 0 Å². The molecule has 24 heavy (non-hydrogen) atoms. The zero-order chi connectivity index (χ0) is 17.6. The Morgan fingerprint density at radius 1 is 1.17 bits per heavy atom. The van der Waals surface area contributed by atoms with Gasteiger partial charge in [0.25, 0.3) is 0 Å². The molecular weight excluding hydrogens is 328 g/mol. The van der Waals surface area contributed by atoms with Crippen LogP contribution in [0.15, 0.2) is 59.5 Å². The van der Waals surface area contributed by atoms with Gasteiger partial charge in [0.1, 0.15) is 18.7 Å². The number of hydrogen-bond donors (Lipinski definition) is 1. The summed E-state index contributed by atoms with van der Waals surface area (Å²) in [4.78, 5) is 11.7. The topological polar surface area (TPSA) is 96.3 Å². The third-order valence-electron chi connectivity index (χ3n) is 3.28. The number of carbonyl (C=O) groups is 1. The van der Waals surface area contributed by atoms with Gasteiger partial charge in [-0.25, -0.2) is 8.42 Å². The lowest BCUT2D eigenvalue weighted by atomic mass is 10.1. The van der Waals surface area contributed by atoms with E-state index in [4.69, 9.17) is 10.00 Å². The van der Waals surface area contributed by atoms with Gasteiger partial charge in [-0.3, -0.25) is 4.79 Å². The highest BCUT2D eigenvalue weighted by Crippen LogP contribution is 2.16. The second-order valence-corrected chi connectivity index (χ2v) is 6.71. The first-order valence-corrected chi connectivity index (χ1v) is 8.65. The van der Waals surface area contributed by atoms with E-state index in [1.165, 1.54) is 18.2 Å². The molecule has 7 heteroatoms. The normalized spacial score (nSPS) is 12.2. The molecular formula is C17H16N2O4S. The molecule has 0 heterocycles. The molecule has 0 radical (unpaired) electrons. The van der Waals surface area contributed by atoms with Gasteiger partial charge in [0.15, 0.2) is 0 Å². The highest BCUT2D eigenvalue weighted by Gasteiger charge is 2.20. The van der Waals surface area contributed by atoms with Crippen molar-refractivity contribution in [3.8, 4) is 6.07 Å². The van der Waals surface area contributed by atoms with Gasteiger partial charge in [0.05, 0.1) is 10.5 Å². The summed E-state index contributed by atoms with van der Waals surface area (Å²) in [7, 11) is -3.97. The first-order valence-electron chi connectivity index (χ1n) is 7.17. The molecule has 0 unspecified atom stereocenters. The Morgan fingerprint density at radius 3 is 2.46 bits per heavy atom. The average molecular weight is 344 g/mol. The van der Waals surface area contributed by atoms with Crippen molar-refractivity contribution in [2.45, 2.75) is 17.9 Å². The van der Waals surface area contributed by atoms with E-state index in [2.05, 4.69) is 4.72 Å². The van der Waals surface area contributed by atoms with Crippen molar-refractivity contribution < 1.29 is 17.9 Å². The number of hydrogen-bond acceptors (Lipinski definition) is 5. The molecule has 0 aliphatic heterocycles. The summed E-state index contributed by atoms with van der Waals surface area (Å²) in [6.45, 7) is 1.19. The molecule has 0 spiro atoms. The summed E-state index contributed by atoms with van der Waals surface area (Å²) >= 11 is 0. The third kappa shape index (κ3) is 4.41. The summed E-state index contributed by atoms with van der Waals surface area (Å²) in [5.41, 5.74) is 0.819. The highest BCUT2D eigenvalue weighted by molar-refractivity contribution is 7.89. The number of nitrogens with one attached hydrogen (secondary N) is 1. The second-order valence-electron chi connectivity index (χ2n) is 4.98. The van der Waals surface area contributed by atoms with Gasteiger partial charge in [0.2, 0.25) is 10.0 Å². The fraction of sp³-hybridized carbons (Fsp3) is 0.176.